The van der Waals surface area contributed by atoms with E-state index in [4.69, 9.17) is 4.74 Å². The number of fused-ring (bicyclic) bond motifs is 1. The molecule has 1 atom stereocenters. The Bertz CT molecular complexity index is 960. The van der Waals surface area contributed by atoms with Gasteiger partial charge in [-0.25, -0.2) is 4.79 Å². The number of rotatable bonds is 4. The highest BCUT2D eigenvalue weighted by molar-refractivity contribution is 5.97. The molecule has 3 heterocycles. The molecule has 2 aromatic heterocycles. The molecule has 8 nitrogen and oxygen atoms in total. The fraction of sp³-hybridized carbons (Fsp3) is 0.222. The fourth-order valence-electron chi connectivity index (χ4n) is 3.27. The van der Waals surface area contributed by atoms with Gasteiger partial charge in [-0.1, -0.05) is 30.3 Å². The Morgan fingerprint density at radius 2 is 2.08 bits per heavy atom. The number of ether oxygens (including phenoxy) is 1. The minimum Gasteiger partial charge on any atom is -0.461 e. The minimum atomic E-state index is -0.489. The molecular formula is C18H17N5O3. The van der Waals surface area contributed by atoms with Crippen LogP contribution in [0.5, 0.6) is 0 Å². The number of anilines is 1. The van der Waals surface area contributed by atoms with Gasteiger partial charge in [0.15, 0.2) is 5.82 Å². The van der Waals surface area contributed by atoms with Crippen LogP contribution in [0.3, 0.4) is 0 Å². The van der Waals surface area contributed by atoms with Gasteiger partial charge < -0.3 is 10.1 Å². The maximum Gasteiger partial charge on any atom is 0.356 e. The van der Waals surface area contributed by atoms with Gasteiger partial charge in [0.25, 0.3) is 0 Å². The number of aromatic nitrogens is 4. The van der Waals surface area contributed by atoms with Crippen LogP contribution < -0.4 is 5.32 Å². The number of esters is 1. The van der Waals surface area contributed by atoms with E-state index >= 15 is 0 Å². The molecule has 3 aromatic rings. The molecule has 1 aromatic carbocycles. The van der Waals surface area contributed by atoms with E-state index in [1.54, 1.807) is 13.1 Å². The number of nitrogens with one attached hydrogen (secondary N) is 3. The van der Waals surface area contributed by atoms with Crippen LogP contribution >= 0.6 is 0 Å². The second kappa shape index (κ2) is 6.47. The molecule has 0 spiro atoms. The van der Waals surface area contributed by atoms with Crippen molar-refractivity contribution in [3.8, 4) is 11.3 Å². The smallest absolute Gasteiger partial charge is 0.356 e. The van der Waals surface area contributed by atoms with E-state index in [-0.39, 0.29) is 30.5 Å². The predicted molar refractivity (Wildman–Crippen MR) is 93.7 cm³/mol. The van der Waals surface area contributed by atoms with Crippen LogP contribution in [0, 0.1) is 0 Å². The van der Waals surface area contributed by atoms with Crippen molar-refractivity contribution < 1.29 is 14.3 Å². The Hall–Kier alpha value is -3.42. The van der Waals surface area contributed by atoms with Gasteiger partial charge in [0, 0.05) is 23.5 Å². The summed E-state index contributed by atoms with van der Waals surface area (Å²) in [5.74, 6) is -0.533. The van der Waals surface area contributed by atoms with Gasteiger partial charge in [-0.05, 0) is 12.5 Å². The SMILES string of the molecule is CCOC(=O)c1[nH]ncc1C1CC(=O)Nc2n[nH]c(-c3ccccc3)c21. The standard InChI is InChI=1S/C18H17N5O3/c1-2-26-18(25)16-12(9-19-21-16)11-8-13(24)20-17-14(11)15(22-23-17)10-6-4-3-5-7-10/h3-7,9,11H,2,8H2,1H3,(H,19,21)(H2,20,22,23,24). The second-order valence-electron chi connectivity index (χ2n) is 5.95. The van der Waals surface area contributed by atoms with E-state index < -0.39 is 5.97 Å². The number of carbonyl (C=O) groups excluding carboxylic acids is 2. The summed E-state index contributed by atoms with van der Waals surface area (Å²) in [4.78, 5) is 24.4. The van der Waals surface area contributed by atoms with Crippen molar-refractivity contribution in [3.05, 3.63) is 53.3 Å². The molecule has 1 unspecified atom stereocenters. The van der Waals surface area contributed by atoms with Gasteiger partial charge in [0.1, 0.15) is 5.69 Å². The molecule has 0 fully saturated rings. The third-order valence-electron chi connectivity index (χ3n) is 4.39. The number of H-pyrrole nitrogens is 2. The molecule has 132 valence electrons. The highest BCUT2D eigenvalue weighted by atomic mass is 16.5. The summed E-state index contributed by atoms with van der Waals surface area (Å²) in [6.45, 7) is 2.00. The average Bonchev–Trinajstić information content (AvgIpc) is 3.29. The third-order valence-corrected chi connectivity index (χ3v) is 4.39. The number of hydrogen-bond acceptors (Lipinski definition) is 5. The normalized spacial score (nSPS) is 16.0. The largest absolute Gasteiger partial charge is 0.461 e. The molecule has 1 aliphatic heterocycles. The highest BCUT2D eigenvalue weighted by Gasteiger charge is 2.35. The molecular weight excluding hydrogens is 334 g/mol. The second-order valence-corrected chi connectivity index (χ2v) is 5.95. The minimum absolute atomic E-state index is 0.162. The summed E-state index contributed by atoms with van der Waals surface area (Å²) < 4.78 is 5.09. The Kier molecular flexibility index (Phi) is 4.00. The van der Waals surface area contributed by atoms with Crippen LogP contribution in [0.4, 0.5) is 5.82 Å². The van der Waals surface area contributed by atoms with Crippen LogP contribution in [0.1, 0.15) is 40.9 Å². The number of hydrogen-bond donors (Lipinski definition) is 3. The lowest BCUT2D eigenvalue weighted by molar-refractivity contribution is -0.116. The molecule has 26 heavy (non-hydrogen) atoms. The Morgan fingerprint density at radius 1 is 1.27 bits per heavy atom. The Morgan fingerprint density at radius 3 is 2.85 bits per heavy atom. The van der Waals surface area contributed by atoms with Crippen molar-refractivity contribution in [2.45, 2.75) is 19.3 Å². The maximum atomic E-state index is 12.2. The van der Waals surface area contributed by atoms with E-state index in [0.717, 1.165) is 16.8 Å². The lowest BCUT2D eigenvalue weighted by Crippen LogP contribution is -2.24. The van der Waals surface area contributed by atoms with Gasteiger partial charge >= 0.3 is 5.97 Å². The first-order chi connectivity index (χ1) is 12.7. The van der Waals surface area contributed by atoms with E-state index in [0.29, 0.717) is 11.4 Å². The monoisotopic (exact) mass is 351 g/mol. The molecule has 0 aliphatic carbocycles. The maximum absolute atomic E-state index is 12.2. The van der Waals surface area contributed by atoms with Crippen LogP contribution in [-0.4, -0.2) is 38.9 Å². The van der Waals surface area contributed by atoms with Crippen LogP contribution in [0.25, 0.3) is 11.3 Å². The van der Waals surface area contributed by atoms with Gasteiger partial charge in [-0.3, -0.25) is 15.0 Å². The predicted octanol–water partition coefficient (Wildman–Crippen LogP) is 2.45. The lowest BCUT2D eigenvalue weighted by atomic mass is 9.84. The quantitative estimate of drug-likeness (QED) is 0.625. The molecule has 8 heteroatoms. The molecule has 0 bridgehead atoms. The molecule has 1 amide bonds. The molecule has 0 radical (unpaired) electrons. The van der Waals surface area contributed by atoms with Crippen LogP contribution in [0.15, 0.2) is 36.5 Å². The summed E-state index contributed by atoms with van der Waals surface area (Å²) in [6.07, 6.45) is 1.76. The number of aromatic amines is 2. The molecule has 1 aliphatic rings. The van der Waals surface area contributed by atoms with Crippen molar-refractivity contribution in [2.24, 2.45) is 0 Å². The van der Waals surface area contributed by atoms with E-state index in [1.807, 2.05) is 30.3 Å². The van der Waals surface area contributed by atoms with E-state index in [1.165, 1.54) is 0 Å². The van der Waals surface area contributed by atoms with Crippen molar-refractivity contribution in [2.75, 3.05) is 11.9 Å². The number of amides is 1. The van der Waals surface area contributed by atoms with Crippen LogP contribution in [0.2, 0.25) is 0 Å². The summed E-state index contributed by atoms with van der Waals surface area (Å²) in [5.41, 5.74) is 3.48. The van der Waals surface area contributed by atoms with E-state index in [9.17, 15) is 9.59 Å². The number of nitrogens with zero attached hydrogens (tertiary/aromatic N) is 2. The van der Waals surface area contributed by atoms with Gasteiger partial charge in [0.2, 0.25) is 5.91 Å². The van der Waals surface area contributed by atoms with Gasteiger partial charge in [-0.2, -0.15) is 10.2 Å². The molecule has 3 N–H and O–H groups in total. The Balaban J connectivity index is 1.84. The zero-order valence-corrected chi connectivity index (χ0v) is 14.1. The Labute approximate surface area is 149 Å². The van der Waals surface area contributed by atoms with Crippen LogP contribution in [-0.2, 0) is 9.53 Å². The summed E-state index contributed by atoms with van der Waals surface area (Å²) >= 11 is 0. The highest BCUT2D eigenvalue weighted by Crippen LogP contribution is 2.42. The molecule has 4 rings (SSSR count). The van der Waals surface area contributed by atoms with Gasteiger partial charge in [0.05, 0.1) is 18.5 Å². The number of carbonyl (C=O) groups is 2. The lowest BCUT2D eigenvalue weighted by Gasteiger charge is -2.23. The fourth-order valence-corrected chi connectivity index (χ4v) is 3.27. The van der Waals surface area contributed by atoms with Crippen molar-refractivity contribution >= 4 is 17.7 Å². The topological polar surface area (TPSA) is 113 Å². The average molecular weight is 351 g/mol. The first kappa shape index (κ1) is 16.1. The van der Waals surface area contributed by atoms with Crippen molar-refractivity contribution in [1.82, 2.24) is 20.4 Å². The summed E-state index contributed by atoms with van der Waals surface area (Å²) in [5, 5.41) is 16.7. The zero-order chi connectivity index (χ0) is 18.1. The van der Waals surface area contributed by atoms with E-state index in [2.05, 4.69) is 25.7 Å². The zero-order valence-electron chi connectivity index (χ0n) is 14.1. The van der Waals surface area contributed by atoms with Crippen molar-refractivity contribution in [1.29, 1.82) is 0 Å². The first-order valence-electron chi connectivity index (χ1n) is 8.33. The summed E-state index contributed by atoms with van der Waals surface area (Å²) in [6, 6.07) is 9.72. The molecule has 0 saturated heterocycles. The molecule has 0 saturated carbocycles. The van der Waals surface area contributed by atoms with Gasteiger partial charge in [-0.15, -0.1) is 0 Å². The third kappa shape index (κ3) is 2.65. The number of benzene rings is 1. The summed E-state index contributed by atoms with van der Waals surface area (Å²) in [7, 11) is 0. The van der Waals surface area contributed by atoms with Crippen molar-refractivity contribution in [3.63, 3.8) is 0 Å². The first-order valence-corrected chi connectivity index (χ1v) is 8.33.